The van der Waals surface area contributed by atoms with E-state index >= 15 is 0 Å². The molecule has 0 fully saturated rings. The van der Waals surface area contributed by atoms with Gasteiger partial charge < -0.3 is 5.73 Å². The van der Waals surface area contributed by atoms with Crippen LogP contribution in [0.5, 0.6) is 0 Å². The number of nitrogens with zero attached hydrogens (tertiary/aromatic N) is 1. The number of allylic oxidation sites excluding steroid dienone is 1. The monoisotopic (exact) mass is 200 g/mol. The zero-order valence-corrected chi connectivity index (χ0v) is 9.63. The lowest BCUT2D eigenvalue weighted by Crippen LogP contribution is -2.51. The summed E-state index contributed by atoms with van der Waals surface area (Å²) in [5, 5.41) is 0. The van der Waals surface area contributed by atoms with E-state index in [0.717, 1.165) is 0 Å². The molecule has 14 heavy (non-hydrogen) atoms. The molecule has 0 aliphatic rings. The summed E-state index contributed by atoms with van der Waals surface area (Å²) in [7, 11) is 6.00. The summed E-state index contributed by atoms with van der Waals surface area (Å²) in [6.07, 6.45) is 0. The van der Waals surface area contributed by atoms with E-state index in [2.05, 4.69) is 12.0 Å². The minimum absolute atomic E-state index is 0.0495. The predicted octanol–water partition coefficient (Wildman–Crippen LogP) is -0.0827. The number of rotatable bonds is 6. The largest absolute Gasteiger partial charge is 0.330 e. The van der Waals surface area contributed by atoms with Crippen molar-refractivity contribution in [2.75, 3.05) is 34.2 Å². The van der Waals surface area contributed by atoms with Crippen molar-refractivity contribution < 1.29 is 9.39 Å². The maximum Gasteiger partial charge on any atom is 0.163 e. The highest BCUT2D eigenvalue weighted by Crippen LogP contribution is 2.03. The number of nitrogens with one attached hydrogen (secondary N) is 1. The lowest BCUT2D eigenvalue weighted by Gasteiger charge is -2.26. The van der Waals surface area contributed by atoms with Crippen LogP contribution in [-0.2, 0) is 4.79 Å². The molecule has 1 atom stereocenters. The maximum absolute atomic E-state index is 11.6. The fourth-order valence-electron chi connectivity index (χ4n) is 1.02. The molecule has 0 radical (unpaired) electrons. The molecule has 0 saturated carbocycles. The van der Waals surface area contributed by atoms with Gasteiger partial charge in [-0.2, -0.15) is 5.43 Å². The van der Waals surface area contributed by atoms with Crippen molar-refractivity contribution in [3.63, 3.8) is 0 Å². The first-order valence-corrected chi connectivity index (χ1v) is 4.74. The lowest BCUT2D eigenvalue weighted by molar-refractivity contribution is -0.915. The molecule has 0 aromatic carbocycles. The molecule has 0 aliphatic heterocycles. The SMILES string of the molecule is C=C(C)C(=O)C(CN)CN[N+](C)(C)C. The zero-order valence-electron chi connectivity index (χ0n) is 9.63. The molecule has 3 N–H and O–H groups in total. The van der Waals surface area contributed by atoms with Gasteiger partial charge in [0.15, 0.2) is 5.78 Å². The van der Waals surface area contributed by atoms with E-state index in [1.165, 1.54) is 0 Å². The molecule has 4 nitrogen and oxygen atoms in total. The molecule has 0 aromatic heterocycles. The van der Waals surface area contributed by atoms with Gasteiger partial charge in [0.05, 0.1) is 33.6 Å². The molecule has 0 heterocycles. The van der Waals surface area contributed by atoms with Gasteiger partial charge in [-0.15, -0.1) is 0 Å². The van der Waals surface area contributed by atoms with Crippen molar-refractivity contribution >= 4 is 5.78 Å². The van der Waals surface area contributed by atoms with Gasteiger partial charge in [-0.3, -0.25) is 9.39 Å². The van der Waals surface area contributed by atoms with E-state index in [4.69, 9.17) is 5.73 Å². The Labute approximate surface area is 86.3 Å². The van der Waals surface area contributed by atoms with Gasteiger partial charge in [0, 0.05) is 6.54 Å². The van der Waals surface area contributed by atoms with Gasteiger partial charge in [-0.05, 0) is 12.5 Å². The Morgan fingerprint density at radius 3 is 2.29 bits per heavy atom. The highest BCUT2D eigenvalue weighted by molar-refractivity contribution is 5.96. The molecule has 0 amide bonds. The molecule has 0 rings (SSSR count). The molecule has 0 saturated heterocycles. The van der Waals surface area contributed by atoms with Crippen molar-refractivity contribution in [1.82, 2.24) is 5.43 Å². The van der Waals surface area contributed by atoms with Crippen LogP contribution >= 0.6 is 0 Å². The Morgan fingerprint density at radius 1 is 1.50 bits per heavy atom. The number of ketones is 1. The minimum Gasteiger partial charge on any atom is -0.330 e. The molecular formula is C10H22N3O+. The third kappa shape index (κ3) is 5.11. The molecule has 4 heteroatoms. The van der Waals surface area contributed by atoms with Gasteiger partial charge in [-0.1, -0.05) is 6.58 Å². The first-order valence-electron chi connectivity index (χ1n) is 4.74. The van der Waals surface area contributed by atoms with Gasteiger partial charge in [0.25, 0.3) is 0 Å². The van der Waals surface area contributed by atoms with E-state index < -0.39 is 0 Å². The summed E-state index contributed by atoms with van der Waals surface area (Å²) in [6.45, 7) is 6.30. The van der Waals surface area contributed by atoms with Crippen LogP contribution in [0, 0.1) is 5.92 Å². The van der Waals surface area contributed by atoms with Crippen LogP contribution in [-0.4, -0.2) is 44.6 Å². The van der Waals surface area contributed by atoms with Crippen LogP contribution in [0.2, 0.25) is 0 Å². The van der Waals surface area contributed by atoms with Crippen molar-refractivity contribution in [2.24, 2.45) is 11.7 Å². The molecule has 0 spiro atoms. The van der Waals surface area contributed by atoms with E-state index in [-0.39, 0.29) is 11.7 Å². The van der Waals surface area contributed by atoms with E-state index in [0.29, 0.717) is 23.3 Å². The number of Topliss-reactive ketones (excluding diaryl/α,β-unsaturated/α-hetero) is 1. The number of hydrogen-bond donors (Lipinski definition) is 2. The zero-order chi connectivity index (χ0) is 11.4. The second kappa shape index (κ2) is 5.24. The average molecular weight is 200 g/mol. The normalized spacial score (nSPS) is 13.8. The summed E-state index contributed by atoms with van der Waals surface area (Å²) in [5.41, 5.74) is 9.31. The molecular weight excluding hydrogens is 178 g/mol. The smallest absolute Gasteiger partial charge is 0.163 e. The minimum atomic E-state index is -0.162. The van der Waals surface area contributed by atoms with E-state index in [9.17, 15) is 4.79 Å². The molecule has 0 aromatic rings. The van der Waals surface area contributed by atoms with Crippen molar-refractivity contribution in [2.45, 2.75) is 6.92 Å². The van der Waals surface area contributed by atoms with Crippen LogP contribution in [0.1, 0.15) is 6.92 Å². The van der Waals surface area contributed by atoms with Crippen LogP contribution < -0.4 is 11.2 Å². The number of carbonyl (C=O) groups excluding carboxylic acids is 1. The fraction of sp³-hybridized carbons (Fsp3) is 0.700. The summed E-state index contributed by atoms with van der Waals surface area (Å²) in [5.74, 6) is -0.113. The Bertz CT molecular complexity index is 218. The standard InChI is InChI=1S/C10H22N3O/c1-8(2)10(14)9(6-11)7-12-13(3,4)5/h9,12H,1,6-7,11H2,2-5H3/q+1. The van der Waals surface area contributed by atoms with E-state index in [1.807, 2.05) is 21.1 Å². The molecule has 0 bridgehead atoms. The number of quaternary nitrogens is 1. The summed E-state index contributed by atoms with van der Waals surface area (Å²) >= 11 is 0. The number of hydrogen-bond acceptors (Lipinski definition) is 3. The van der Waals surface area contributed by atoms with Gasteiger partial charge in [0.1, 0.15) is 0 Å². The Hall–Kier alpha value is -0.710. The van der Waals surface area contributed by atoms with E-state index in [1.54, 1.807) is 6.92 Å². The average Bonchev–Trinajstić information content (AvgIpc) is 2.02. The van der Waals surface area contributed by atoms with Crippen LogP contribution in [0.3, 0.4) is 0 Å². The first-order chi connectivity index (χ1) is 6.28. The third-order valence-electron chi connectivity index (χ3n) is 1.89. The van der Waals surface area contributed by atoms with Crippen molar-refractivity contribution in [3.8, 4) is 0 Å². The number of nitrogens with two attached hydrogens (primary N) is 1. The summed E-state index contributed by atoms with van der Waals surface area (Å²) in [4.78, 5) is 11.6. The summed E-state index contributed by atoms with van der Waals surface area (Å²) < 4.78 is 0.611. The molecule has 1 unspecified atom stereocenters. The predicted molar refractivity (Wildman–Crippen MR) is 58.4 cm³/mol. The van der Waals surface area contributed by atoms with Crippen LogP contribution in [0.25, 0.3) is 0 Å². The van der Waals surface area contributed by atoms with Crippen molar-refractivity contribution in [1.29, 1.82) is 0 Å². The number of carbonyl (C=O) groups is 1. The second-order valence-corrected chi connectivity index (χ2v) is 4.45. The highest BCUT2D eigenvalue weighted by atomic mass is 16.1. The maximum atomic E-state index is 11.6. The van der Waals surface area contributed by atoms with Gasteiger partial charge >= 0.3 is 0 Å². The Kier molecular flexibility index (Phi) is 4.97. The lowest BCUT2D eigenvalue weighted by atomic mass is 10.00. The molecule has 82 valence electrons. The highest BCUT2D eigenvalue weighted by Gasteiger charge is 2.19. The Morgan fingerprint density at radius 2 is 2.00 bits per heavy atom. The fourth-order valence-corrected chi connectivity index (χ4v) is 1.02. The Balaban J connectivity index is 4.17. The topological polar surface area (TPSA) is 55.1 Å². The second-order valence-electron chi connectivity index (χ2n) is 4.45. The molecule has 0 aliphatic carbocycles. The first kappa shape index (κ1) is 13.3. The van der Waals surface area contributed by atoms with Crippen LogP contribution in [0.4, 0.5) is 0 Å². The van der Waals surface area contributed by atoms with Gasteiger partial charge in [-0.25, -0.2) is 0 Å². The third-order valence-corrected chi connectivity index (χ3v) is 1.89. The quantitative estimate of drug-likeness (QED) is 0.358. The van der Waals surface area contributed by atoms with Crippen LogP contribution in [0.15, 0.2) is 12.2 Å². The summed E-state index contributed by atoms with van der Waals surface area (Å²) in [6, 6.07) is 0. The van der Waals surface area contributed by atoms with Gasteiger partial charge in [0.2, 0.25) is 0 Å². The van der Waals surface area contributed by atoms with Crippen molar-refractivity contribution in [3.05, 3.63) is 12.2 Å².